The third-order valence-corrected chi connectivity index (χ3v) is 2.52. The first-order chi connectivity index (χ1) is 5.66. The number of nitrogens with one attached hydrogen (secondary N) is 1. The molecule has 3 heteroatoms. The van der Waals surface area contributed by atoms with Gasteiger partial charge in [-0.25, -0.2) is 0 Å². The van der Waals surface area contributed by atoms with Gasteiger partial charge in [0.15, 0.2) is 0 Å². The van der Waals surface area contributed by atoms with Crippen LogP contribution in [0.25, 0.3) is 0 Å². The van der Waals surface area contributed by atoms with Crippen molar-refractivity contribution in [1.82, 2.24) is 10.2 Å². The maximum Gasteiger partial charge on any atom is 0.0129 e. The standard InChI is InChI=1S/C9H22N2S/c1-9(8-12-4)10-6-5-7-11(2)3/h9-10H,5-8H2,1-4H3. The largest absolute Gasteiger partial charge is 0.313 e. The molecule has 0 aromatic rings. The summed E-state index contributed by atoms with van der Waals surface area (Å²) >= 11 is 1.90. The Morgan fingerprint density at radius 3 is 2.58 bits per heavy atom. The van der Waals surface area contributed by atoms with Crippen LogP contribution in [0.1, 0.15) is 13.3 Å². The van der Waals surface area contributed by atoms with Crippen molar-refractivity contribution in [2.24, 2.45) is 0 Å². The zero-order chi connectivity index (χ0) is 9.40. The predicted octanol–water partition coefficient (Wildman–Crippen LogP) is 1.28. The number of nitrogens with zero attached hydrogens (tertiary/aromatic N) is 1. The van der Waals surface area contributed by atoms with E-state index in [0.29, 0.717) is 6.04 Å². The van der Waals surface area contributed by atoms with Crippen LogP contribution < -0.4 is 5.32 Å². The van der Waals surface area contributed by atoms with Crippen LogP contribution in [0.3, 0.4) is 0 Å². The number of rotatable bonds is 7. The van der Waals surface area contributed by atoms with E-state index in [0.717, 1.165) is 6.54 Å². The lowest BCUT2D eigenvalue weighted by Crippen LogP contribution is -2.30. The molecule has 1 atom stereocenters. The first-order valence-electron chi connectivity index (χ1n) is 4.54. The minimum atomic E-state index is 0.655. The van der Waals surface area contributed by atoms with Crippen LogP contribution in [0, 0.1) is 0 Å². The Balaban J connectivity index is 3.08. The fourth-order valence-electron chi connectivity index (χ4n) is 1.05. The first-order valence-corrected chi connectivity index (χ1v) is 5.93. The van der Waals surface area contributed by atoms with Crippen molar-refractivity contribution >= 4 is 11.8 Å². The van der Waals surface area contributed by atoms with Crippen molar-refractivity contribution in [2.45, 2.75) is 19.4 Å². The van der Waals surface area contributed by atoms with E-state index in [-0.39, 0.29) is 0 Å². The summed E-state index contributed by atoms with van der Waals surface area (Å²) in [7, 11) is 4.23. The van der Waals surface area contributed by atoms with Gasteiger partial charge in [-0.3, -0.25) is 0 Å². The van der Waals surface area contributed by atoms with Crippen molar-refractivity contribution in [3.05, 3.63) is 0 Å². The average molecular weight is 190 g/mol. The molecular formula is C9H22N2S. The van der Waals surface area contributed by atoms with Crippen LogP contribution in [0.5, 0.6) is 0 Å². The molecule has 74 valence electrons. The highest BCUT2D eigenvalue weighted by molar-refractivity contribution is 7.98. The highest BCUT2D eigenvalue weighted by Gasteiger charge is 1.98. The summed E-state index contributed by atoms with van der Waals surface area (Å²) in [6, 6.07) is 0.655. The molecule has 0 aromatic heterocycles. The van der Waals surface area contributed by atoms with Gasteiger partial charge >= 0.3 is 0 Å². The Kier molecular flexibility index (Phi) is 8.07. The molecule has 0 spiro atoms. The van der Waals surface area contributed by atoms with Crippen molar-refractivity contribution in [3.8, 4) is 0 Å². The molecule has 0 saturated heterocycles. The SMILES string of the molecule is CSCC(C)NCCCN(C)C. The molecule has 0 bridgehead atoms. The Labute approximate surface area is 81.1 Å². The van der Waals surface area contributed by atoms with E-state index >= 15 is 0 Å². The van der Waals surface area contributed by atoms with E-state index in [2.05, 4.69) is 37.5 Å². The van der Waals surface area contributed by atoms with E-state index in [1.165, 1.54) is 18.7 Å². The second kappa shape index (κ2) is 7.90. The third-order valence-electron chi connectivity index (χ3n) is 1.69. The monoisotopic (exact) mass is 190 g/mol. The minimum Gasteiger partial charge on any atom is -0.313 e. The summed E-state index contributed by atoms with van der Waals surface area (Å²) in [5, 5.41) is 3.49. The summed E-state index contributed by atoms with van der Waals surface area (Å²) in [4.78, 5) is 2.22. The van der Waals surface area contributed by atoms with Gasteiger partial charge in [0.05, 0.1) is 0 Å². The van der Waals surface area contributed by atoms with Crippen molar-refractivity contribution < 1.29 is 0 Å². The molecule has 1 N–H and O–H groups in total. The van der Waals surface area contributed by atoms with Crippen molar-refractivity contribution in [2.75, 3.05) is 39.2 Å². The fraction of sp³-hybridized carbons (Fsp3) is 1.00. The van der Waals surface area contributed by atoms with E-state index in [1.54, 1.807) is 0 Å². The zero-order valence-electron chi connectivity index (χ0n) is 8.76. The molecule has 0 saturated carbocycles. The molecule has 0 aliphatic heterocycles. The molecule has 0 radical (unpaired) electrons. The smallest absolute Gasteiger partial charge is 0.0129 e. The predicted molar refractivity (Wildman–Crippen MR) is 59.0 cm³/mol. The van der Waals surface area contributed by atoms with Crippen LogP contribution in [0.15, 0.2) is 0 Å². The zero-order valence-corrected chi connectivity index (χ0v) is 9.58. The van der Waals surface area contributed by atoms with Gasteiger partial charge in [-0.05, 0) is 46.8 Å². The Bertz CT molecular complexity index is 96.5. The van der Waals surface area contributed by atoms with E-state index in [4.69, 9.17) is 0 Å². The molecule has 0 aliphatic rings. The van der Waals surface area contributed by atoms with Gasteiger partial charge in [-0.1, -0.05) is 0 Å². The average Bonchev–Trinajstić information content (AvgIpc) is 1.98. The first kappa shape index (κ1) is 12.3. The molecular weight excluding hydrogens is 168 g/mol. The van der Waals surface area contributed by atoms with Gasteiger partial charge in [-0.15, -0.1) is 0 Å². The quantitative estimate of drug-likeness (QED) is 0.609. The third kappa shape index (κ3) is 8.37. The van der Waals surface area contributed by atoms with Gasteiger partial charge in [0, 0.05) is 11.8 Å². The van der Waals surface area contributed by atoms with E-state index < -0.39 is 0 Å². The number of thioether (sulfide) groups is 1. The molecule has 1 unspecified atom stereocenters. The van der Waals surface area contributed by atoms with Gasteiger partial charge in [0.2, 0.25) is 0 Å². The summed E-state index contributed by atoms with van der Waals surface area (Å²) in [6.45, 7) is 4.56. The lowest BCUT2D eigenvalue weighted by Gasteiger charge is -2.13. The number of hydrogen-bond acceptors (Lipinski definition) is 3. The van der Waals surface area contributed by atoms with E-state index in [1.807, 2.05) is 11.8 Å². The molecule has 0 heterocycles. The lowest BCUT2D eigenvalue weighted by molar-refractivity contribution is 0.390. The van der Waals surface area contributed by atoms with Gasteiger partial charge in [0.25, 0.3) is 0 Å². The van der Waals surface area contributed by atoms with Crippen LogP contribution in [-0.2, 0) is 0 Å². The molecule has 0 aromatic carbocycles. The van der Waals surface area contributed by atoms with Crippen LogP contribution in [0.4, 0.5) is 0 Å². The summed E-state index contributed by atoms with van der Waals surface area (Å²) in [5.74, 6) is 1.21. The molecule has 0 fully saturated rings. The Morgan fingerprint density at radius 1 is 1.42 bits per heavy atom. The second-order valence-corrected chi connectivity index (χ2v) is 4.38. The Morgan fingerprint density at radius 2 is 2.08 bits per heavy atom. The Hall–Kier alpha value is 0.270. The van der Waals surface area contributed by atoms with Crippen molar-refractivity contribution in [3.63, 3.8) is 0 Å². The van der Waals surface area contributed by atoms with Crippen molar-refractivity contribution in [1.29, 1.82) is 0 Å². The van der Waals surface area contributed by atoms with Gasteiger partial charge in [-0.2, -0.15) is 11.8 Å². The normalized spacial score (nSPS) is 13.8. The highest BCUT2D eigenvalue weighted by Crippen LogP contribution is 1.95. The van der Waals surface area contributed by atoms with Gasteiger partial charge < -0.3 is 10.2 Å². The van der Waals surface area contributed by atoms with Crippen LogP contribution in [0.2, 0.25) is 0 Å². The van der Waals surface area contributed by atoms with E-state index in [9.17, 15) is 0 Å². The fourth-order valence-corrected chi connectivity index (χ4v) is 1.67. The lowest BCUT2D eigenvalue weighted by atomic mass is 10.3. The van der Waals surface area contributed by atoms with Crippen LogP contribution >= 0.6 is 11.8 Å². The summed E-state index contributed by atoms with van der Waals surface area (Å²) in [5.41, 5.74) is 0. The topological polar surface area (TPSA) is 15.3 Å². The summed E-state index contributed by atoms with van der Waals surface area (Å²) < 4.78 is 0. The summed E-state index contributed by atoms with van der Waals surface area (Å²) in [6.07, 6.45) is 3.39. The molecule has 0 rings (SSSR count). The number of hydrogen-bond donors (Lipinski definition) is 1. The molecule has 0 aliphatic carbocycles. The van der Waals surface area contributed by atoms with Gasteiger partial charge in [0.1, 0.15) is 0 Å². The molecule has 12 heavy (non-hydrogen) atoms. The minimum absolute atomic E-state index is 0.655. The molecule has 0 amide bonds. The molecule has 2 nitrogen and oxygen atoms in total. The maximum absolute atomic E-state index is 3.49. The second-order valence-electron chi connectivity index (χ2n) is 3.47. The maximum atomic E-state index is 3.49. The van der Waals surface area contributed by atoms with Crippen LogP contribution in [-0.4, -0.2) is 50.1 Å². The highest BCUT2D eigenvalue weighted by atomic mass is 32.2.